The maximum atomic E-state index is 4.67. The first-order chi connectivity index (χ1) is 13.2. The van der Waals surface area contributed by atoms with E-state index in [4.69, 9.17) is 0 Å². The number of benzene rings is 1. The number of aromatic nitrogens is 3. The smallest absolute Gasteiger partial charge is 0.148 e. The third-order valence-electron chi connectivity index (χ3n) is 5.03. The van der Waals surface area contributed by atoms with Crippen molar-refractivity contribution in [1.29, 1.82) is 0 Å². The summed E-state index contributed by atoms with van der Waals surface area (Å²) < 4.78 is 0. The molecule has 0 atom stereocenters. The average molecular weight is 359 g/mol. The van der Waals surface area contributed by atoms with E-state index in [1.807, 2.05) is 24.4 Å². The quantitative estimate of drug-likeness (QED) is 0.741. The van der Waals surface area contributed by atoms with Crippen LogP contribution in [-0.4, -0.2) is 21.7 Å². The van der Waals surface area contributed by atoms with E-state index in [-0.39, 0.29) is 0 Å². The number of rotatable bonds is 5. The van der Waals surface area contributed by atoms with Gasteiger partial charge in [0, 0.05) is 31.4 Å². The maximum absolute atomic E-state index is 4.67. The van der Waals surface area contributed by atoms with Crippen molar-refractivity contribution >= 4 is 11.6 Å². The predicted octanol–water partition coefficient (Wildman–Crippen LogP) is 4.17. The molecule has 0 spiro atoms. The molecule has 3 aromatic rings. The van der Waals surface area contributed by atoms with Crippen molar-refractivity contribution in [2.75, 3.05) is 16.8 Å². The zero-order chi connectivity index (χ0) is 18.6. The predicted molar refractivity (Wildman–Crippen MR) is 109 cm³/mol. The van der Waals surface area contributed by atoms with Gasteiger partial charge in [-0.25, -0.2) is 4.98 Å². The lowest BCUT2D eigenvalue weighted by molar-refractivity contribution is 0.716. The molecule has 4 rings (SSSR count). The molecule has 3 heterocycles. The van der Waals surface area contributed by atoms with Gasteiger partial charge in [0.2, 0.25) is 0 Å². The normalized spacial score (nSPS) is 13.5. The molecule has 0 unspecified atom stereocenters. The molecule has 0 fully saturated rings. The van der Waals surface area contributed by atoms with Crippen LogP contribution in [0.5, 0.6) is 0 Å². The summed E-state index contributed by atoms with van der Waals surface area (Å²) in [5, 5.41) is 12.0. The van der Waals surface area contributed by atoms with Crippen molar-refractivity contribution in [2.24, 2.45) is 0 Å². The van der Waals surface area contributed by atoms with Gasteiger partial charge in [0.25, 0.3) is 0 Å². The minimum atomic E-state index is 0.387. The molecule has 0 saturated heterocycles. The molecule has 0 radical (unpaired) electrons. The Kier molecular flexibility index (Phi) is 5.01. The highest BCUT2D eigenvalue weighted by Gasteiger charge is 2.19. The van der Waals surface area contributed by atoms with Crippen LogP contribution in [0, 0.1) is 0 Å². The fourth-order valence-electron chi connectivity index (χ4n) is 3.46. The SMILES string of the molecule is CC(C)c1ccc(NCc2cccnc2N2CCc3ccccc3C2)nn1. The highest BCUT2D eigenvalue weighted by atomic mass is 15.2. The second kappa shape index (κ2) is 7.74. The molecule has 5 nitrogen and oxygen atoms in total. The lowest BCUT2D eigenvalue weighted by atomic mass is 9.99. The molecule has 0 aliphatic carbocycles. The van der Waals surface area contributed by atoms with Gasteiger partial charge in [0.15, 0.2) is 0 Å². The van der Waals surface area contributed by atoms with Gasteiger partial charge in [0.05, 0.1) is 5.69 Å². The lowest BCUT2D eigenvalue weighted by Gasteiger charge is -2.31. The zero-order valence-corrected chi connectivity index (χ0v) is 15.9. The Labute approximate surface area is 160 Å². The minimum Gasteiger partial charge on any atom is -0.364 e. The van der Waals surface area contributed by atoms with E-state index in [1.54, 1.807) is 0 Å². The van der Waals surface area contributed by atoms with Crippen LogP contribution < -0.4 is 10.2 Å². The number of hydrogen-bond acceptors (Lipinski definition) is 5. The standard InChI is InChI=1S/C22H25N5/c1-16(2)20-9-10-21(26-25-20)24-14-18-8-5-12-23-22(18)27-13-11-17-6-3-4-7-19(17)15-27/h3-10,12,16H,11,13-15H2,1-2H3,(H,24,26). The van der Waals surface area contributed by atoms with Crippen molar-refractivity contribution in [1.82, 2.24) is 15.2 Å². The van der Waals surface area contributed by atoms with Gasteiger partial charge in [-0.1, -0.05) is 44.2 Å². The molecule has 0 amide bonds. The highest BCUT2D eigenvalue weighted by Crippen LogP contribution is 2.26. The molecule has 1 N–H and O–H groups in total. The molecule has 2 aromatic heterocycles. The van der Waals surface area contributed by atoms with E-state index in [2.05, 4.69) is 69.6 Å². The molecule has 138 valence electrons. The summed E-state index contributed by atoms with van der Waals surface area (Å²) in [6, 6.07) is 16.8. The number of hydrogen-bond donors (Lipinski definition) is 1. The lowest BCUT2D eigenvalue weighted by Crippen LogP contribution is -2.32. The Bertz CT molecular complexity index is 905. The van der Waals surface area contributed by atoms with Crippen molar-refractivity contribution in [2.45, 2.75) is 39.3 Å². The van der Waals surface area contributed by atoms with Crippen LogP contribution in [0.2, 0.25) is 0 Å². The Balaban J connectivity index is 1.48. The van der Waals surface area contributed by atoms with Crippen LogP contribution >= 0.6 is 0 Å². The Morgan fingerprint density at radius 1 is 1.00 bits per heavy atom. The van der Waals surface area contributed by atoms with E-state index >= 15 is 0 Å². The molecule has 1 aliphatic rings. The Morgan fingerprint density at radius 3 is 2.63 bits per heavy atom. The number of fused-ring (bicyclic) bond motifs is 1. The van der Waals surface area contributed by atoms with Crippen LogP contribution in [0.15, 0.2) is 54.7 Å². The monoisotopic (exact) mass is 359 g/mol. The largest absolute Gasteiger partial charge is 0.364 e. The molecule has 0 bridgehead atoms. The number of nitrogens with one attached hydrogen (secondary N) is 1. The fraction of sp³-hybridized carbons (Fsp3) is 0.318. The number of anilines is 2. The summed E-state index contributed by atoms with van der Waals surface area (Å²) >= 11 is 0. The van der Waals surface area contributed by atoms with Gasteiger partial charge >= 0.3 is 0 Å². The first kappa shape index (κ1) is 17.5. The first-order valence-corrected chi connectivity index (χ1v) is 9.54. The van der Waals surface area contributed by atoms with Crippen LogP contribution in [0.4, 0.5) is 11.6 Å². The summed E-state index contributed by atoms with van der Waals surface area (Å²) in [7, 11) is 0. The van der Waals surface area contributed by atoms with Crippen molar-refractivity contribution in [3.05, 3.63) is 77.1 Å². The van der Waals surface area contributed by atoms with Crippen LogP contribution in [0.3, 0.4) is 0 Å². The first-order valence-electron chi connectivity index (χ1n) is 9.54. The van der Waals surface area contributed by atoms with Gasteiger partial charge in [-0.15, -0.1) is 5.10 Å². The molecule has 27 heavy (non-hydrogen) atoms. The van der Waals surface area contributed by atoms with Crippen molar-refractivity contribution in [3.8, 4) is 0 Å². The van der Waals surface area contributed by atoms with Crippen LogP contribution in [-0.2, 0) is 19.5 Å². The Hall–Kier alpha value is -2.95. The zero-order valence-electron chi connectivity index (χ0n) is 15.9. The topological polar surface area (TPSA) is 53.9 Å². The maximum Gasteiger partial charge on any atom is 0.148 e. The minimum absolute atomic E-state index is 0.387. The molecule has 0 saturated carbocycles. The summed E-state index contributed by atoms with van der Waals surface area (Å²) in [5.41, 5.74) is 5.02. The summed E-state index contributed by atoms with van der Waals surface area (Å²) in [4.78, 5) is 7.04. The van der Waals surface area contributed by atoms with Crippen molar-refractivity contribution < 1.29 is 0 Å². The third kappa shape index (κ3) is 3.92. The van der Waals surface area contributed by atoms with Gasteiger partial charge in [-0.3, -0.25) is 0 Å². The van der Waals surface area contributed by atoms with Crippen LogP contribution in [0.25, 0.3) is 0 Å². The van der Waals surface area contributed by atoms with E-state index in [1.165, 1.54) is 16.7 Å². The van der Waals surface area contributed by atoms with Crippen molar-refractivity contribution in [3.63, 3.8) is 0 Å². The molecular formula is C22H25N5. The average Bonchev–Trinajstić information content (AvgIpc) is 2.72. The summed E-state index contributed by atoms with van der Waals surface area (Å²) in [5.74, 6) is 2.22. The second-order valence-electron chi connectivity index (χ2n) is 7.28. The fourth-order valence-corrected chi connectivity index (χ4v) is 3.46. The van der Waals surface area contributed by atoms with Gasteiger partial charge in [0.1, 0.15) is 11.6 Å². The highest BCUT2D eigenvalue weighted by molar-refractivity contribution is 5.51. The third-order valence-corrected chi connectivity index (χ3v) is 5.03. The molecular weight excluding hydrogens is 334 g/mol. The Morgan fingerprint density at radius 2 is 1.85 bits per heavy atom. The van der Waals surface area contributed by atoms with E-state index < -0.39 is 0 Å². The summed E-state index contributed by atoms with van der Waals surface area (Å²) in [6.45, 7) is 6.82. The van der Waals surface area contributed by atoms with Crippen LogP contribution in [0.1, 0.15) is 42.1 Å². The molecule has 1 aromatic carbocycles. The van der Waals surface area contributed by atoms with Gasteiger partial charge in [-0.2, -0.15) is 5.10 Å². The van der Waals surface area contributed by atoms with Gasteiger partial charge < -0.3 is 10.2 Å². The second-order valence-corrected chi connectivity index (χ2v) is 7.28. The number of nitrogens with zero attached hydrogens (tertiary/aromatic N) is 4. The van der Waals surface area contributed by atoms with E-state index in [0.717, 1.165) is 36.8 Å². The number of pyridine rings is 1. The van der Waals surface area contributed by atoms with Gasteiger partial charge in [-0.05, 0) is 41.7 Å². The molecule has 1 aliphatic heterocycles. The van der Waals surface area contributed by atoms with E-state index in [0.29, 0.717) is 12.5 Å². The molecule has 5 heteroatoms. The van der Waals surface area contributed by atoms with E-state index in [9.17, 15) is 0 Å². The summed E-state index contributed by atoms with van der Waals surface area (Å²) in [6.07, 6.45) is 2.93.